The highest BCUT2D eigenvalue weighted by Crippen LogP contribution is 2.43. The van der Waals surface area contributed by atoms with Crippen LogP contribution in [-0.4, -0.2) is 6.34 Å². The van der Waals surface area contributed by atoms with Crippen molar-refractivity contribution in [1.29, 1.82) is 10.5 Å². The zero-order valence-corrected chi connectivity index (χ0v) is 16.2. The maximum absolute atomic E-state index is 13.1. The summed E-state index contributed by atoms with van der Waals surface area (Å²) in [4.78, 5) is 3.05. The molecule has 0 heterocycles. The number of anilines is 1. The highest BCUT2D eigenvalue weighted by molar-refractivity contribution is 5.79. The van der Waals surface area contributed by atoms with Gasteiger partial charge in [-0.05, 0) is 5.69 Å². The number of halogens is 12. The first-order valence-electron chi connectivity index (χ1n) is 8.47. The van der Waals surface area contributed by atoms with Gasteiger partial charge >= 0.3 is 24.7 Å². The molecule has 186 valence electrons. The van der Waals surface area contributed by atoms with Crippen LogP contribution in [0.25, 0.3) is 0 Å². The summed E-state index contributed by atoms with van der Waals surface area (Å²) in [5.41, 5.74) is -13.8. The molecule has 0 amide bonds. The summed E-state index contributed by atoms with van der Waals surface area (Å²) in [7, 11) is 0. The third kappa shape index (κ3) is 6.14. The van der Waals surface area contributed by atoms with Gasteiger partial charge in [0.15, 0.2) is 0 Å². The number of aliphatic imine (C=N–C) groups is 1. The molecule has 4 nitrogen and oxygen atoms in total. The molecule has 0 saturated carbocycles. The lowest BCUT2D eigenvalue weighted by Crippen LogP contribution is -2.16. The quantitative estimate of drug-likeness (QED) is 0.155. The number of nitrogens with one attached hydrogen (secondary N) is 1. The van der Waals surface area contributed by atoms with Crippen LogP contribution >= 0.6 is 0 Å². The molecule has 0 aliphatic heterocycles. The van der Waals surface area contributed by atoms with Gasteiger partial charge in [0.05, 0.1) is 33.4 Å². The number of hydrogen-bond donors (Lipinski definition) is 1. The average molecular weight is 517 g/mol. The minimum atomic E-state index is -5.44. The van der Waals surface area contributed by atoms with Gasteiger partial charge in [-0.25, -0.2) is 0 Å². The van der Waals surface area contributed by atoms with Gasteiger partial charge in [-0.15, -0.1) is 0 Å². The molecular formula is C19H5F12N4-. The van der Waals surface area contributed by atoms with Gasteiger partial charge in [0.1, 0.15) is 12.1 Å². The van der Waals surface area contributed by atoms with E-state index >= 15 is 0 Å². The van der Waals surface area contributed by atoms with E-state index in [0.29, 0.717) is 0 Å². The second kappa shape index (κ2) is 9.01. The topological polar surface area (TPSA) is 72.0 Å². The van der Waals surface area contributed by atoms with Crippen molar-refractivity contribution in [3.63, 3.8) is 0 Å². The second-order valence-corrected chi connectivity index (χ2v) is 6.43. The van der Waals surface area contributed by atoms with Crippen LogP contribution in [-0.2, 0) is 24.7 Å². The van der Waals surface area contributed by atoms with Gasteiger partial charge in [-0.3, -0.25) is 0 Å². The van der Waals surface area contributed by atoms with Gasteiger partial charge in [0, 0.05) is 6.34 Å². The van der Waals surface area contributed by atoms with Crippen LogP contribution in [0.4, 0.5) is 64.1 Å². The first-order chi connectivity index (χ1) is 15.8. The van der Waals surface area contributed by atoms with E-state index in [4.69, 9.17) is 10.5 Å². The van der Waals surface area contributed by atoms with Gasteiger partial charge in [0.25, 0.3) is 0 Å². The van der Waals surface area contributed by atoms with E-state index in [2.05, 4.69) is 4.99 Å². The summed E-state index contributed by atoms with van der Waals surface area (Å²) in [5, 5.41) is 19.2. The van der Waals surface area contributed by atoms with Crippen LogP contribution in [0.2, 0.25) is 0 Å². The third-order valence-electron chi connectivity index (χ3n) is 4.09. The van der Waals surface area contributed by atoms with Crippen LogP contribution in [0, 0.1) is 22.7 Å². The highest BCUT2D eigenvalue weighted by atomic mass is 19.4. The molecule has 0 spiro atoms. The van der Waals surface area contributed by atoms with E-state index in [9.17, 15) is 52.7 Å². The summed E-state index contributed by atoms with van der Waals surface area (Å²) in [5.74, 6) is 0. The molecule has 0 fully saturated rings. The van der Waals surface area contributed by atoms with Crippen LogP contribution in [0.1, 0.15) is 33.4 Å². The smallest absolute Gasteiger partial charge is 0.416 e. The number of nitrogens with zero attached hydrogens (tertiary/aromatic N) is 3. The Balaban J connectivity index is 2.61. The fourth-order valence-corrected chi connectivity index (χ4v) is 2.70. The molecule has 0 unspecified atom stereocenters. The van der Waals surface area contributed by atoms with Crippen molar-refractivity contribution in [3.05, 3.63) is 57.6 Å². The zero-order valence-electron chi connectivity index (χ0n) is 16.2. The molecule has 2 aromatic rings. The maximum atomic E-state index is 13.1. The van der Waals surface area contributed by atoms with Crippen LogP contribution in [0.5, 0.6) is 0 Å². The summed E-state index contributed by atoms with van der Waals surface area (Å²) < 4.78 is 157. The predicted octanol–water partition coefficient (Wildman–Crippen LogP) is 7.15. The Morgan fingerprint density at radius 1 is 0.600 bits per heavy atom. The number of nitriles is 2. The summed E-state index contributed by atoms with van der Waals surface area (Å²) >= 11 is 0. The van der Waals surface area contributed by atoms with Crippen molar-refractivity contribution in [2.45, 2.75) is 24.7 Å². The fraction of sp³-hybridized carbons (Fsp3) is 0.211. The lowest BCUT2D eigenvalue weighted by Gasteiger charge is -2.20. The number of benzene rings is 2. The molecule has 2 rings (SSSR count). The normalized spacial score (nSPS) is 13.0. The second-order valence-electron chi connectivity index (χ2n) is 6.43. The Hall–Kier alpha value is -3.95. The van der Waals surface area contributed by atoms with Gasteiger partial charge in [-0.1, -0.05) is 30.0 Å². The number of hydrogen-bond acceptors (Lipinski definition) is 3. The fourth-order valence-electron chi connectivity index (χ4n) is 2.70. The van der Waals surface area contributed by atoms with E-state index in [-0.39, 0.29) is 24.3 Å². The lowest BCUT2D eigenvalue weighted by molar-refractivity contribution is -0.145. The largest absolute Gasteiger partial charge is 0.452 e. The maximum Gasteiger partial charge on any atom is 0.416 e. The summed E-state index contributed by atoms with van der Waals surface area (Å²) in [6.07, 6.45) is -20.2. The lowest BCUT2D eigenvalue weighted by atomic mass is 9.99. The van der Waals surface area contributed by atoms with Crippen LogP contribution < -0.4 is 5.32 Å². The van der Waals surface area contributed by atoms with E-state index < -0.39 is 69.5 Å². The molecule has 16 heteroatoms. The molecule has 1 N–H and O–H groups in total. The average Bonchev–Trinajstić information content (AvgIpc) is 2.69. The van der Waals surface area contributed by atoms with Crippen molar-refractivity contribution in [2.75, 3.05) is 5.32 Å². The number of alkyl halides is 12. The van der Waals surface area contributed by atoms with Crippen LogP contribution in [0.15, 0.2) is 29.3 Å². The minimum Gasteiger partial charge on any atom is -0.452 e. The Morgan fingerprint density at radius 2 is 0.914 bits per heavy atom. The molecule has 35 heavy (non-hydrogen) atoms. The van der Waals surface area contributed by atoms with E-state index in [1.54, 1.807) is 11.7 Å². The molecule has 0 aliphatic rings. The molecule has 0 atom stereocenters. The summed E-state index contributed by atoms with van der Waals surface area (Å²) in [6.45, 7) is 0. The van der Waals surface area contributed by atoms with E-state index in [1.165, 1.54) is 0 Å². The first-order valence-corrected chi connectivity index (χ1v) is 8.47. The van der Waals surface area contributed by atoms with Crippen molar-refractivity contribution in [2.24, 2.45) is 4.99 Å². The summed E-state index contributed by atoms with van der Waals surface area (Å²) in [6, 6.07) is 1.65. The SMILES string of the molecule is N#Cc1c(C(F)(F)F)cc(N=[C-]Nc2cc(C(F)(F)F)c(C#N)c(C(F)(F)F)c2)cc1C(F)(F)F. The van der Waals surface area contributed by atoms with Gasteiger partial charge < -0.3 is 10.3 Å². The van der Waals surface area contributed by atoms with E-state index in [1.807, 2.05) is 0 Å². The molecule has 0 aromatic heterocycles. The standard InChI is InChI=1S/C19H5F12N4/c20-16(21,22)12-1-8(2-13(10(12)5-32)17(23,24)25)34-7-35-9-3-14(18(26,27)28)11(6-33)15(4-9)19(29,30)31/h1-4H,(H,34,35)/q-1. The monoisotopic (exact) mass is 517 g/mol. The highest BCUT2D eigenvalue weighted by Gasteiger charge is 2.42. The van der Waals surface area contributed by atoms with Gasteiger partial charge in [-0.2, -0.15) is 63.2 Å². The molecule has 2 aromatic carbocycles. The number of rotatable bonds is 3. The Labute approximate surface area is 186 Å². The molecule has 0 radical (unpaired) electrons. The molecule has 0 saturated heterocycles. The molecular weight excluding hydrogens is 512 g/mol. The molecule has 0 bridgehead atoms. The van der Waals surface area contributed by atoms with Crippen molar-refractivity contribution >= 4 is 17.7 Å². The van der Waals surface area contributed by atoms with Crippen molar-refractivity contribution in [3.8, 4) is 12.1 Å². The van der Waals surface area contributed by atoms with Crippen molar-refractivity contribution in [1.82, 2.24) is 0 Å². The van der Waals surface area contributed by atoms with Crippen molar-refractivity contribution < 1.29 is 52.7 Å². The van der Waals surface area contributed by atoms with E-state index in [0.717, 1.165) is 12.1 Å². The third-order valence-corrected chi connectivity index (χ3v) is 4.09. The predicted molar refractivity (Wildman–Crippen MR) is 93.0 cm³/mol. The van der Waals surface area contributed by atoms with Crippen LogP contribution in [0.3, 0.4) is 0 Å². The molecule has 0 aliphatic carbocycles. The minimum absolute atomic E-state index is 0.00351. The van der Waals surface area contributed by atoms with Gasteiger partial charge in [0.2, 0.25) is 0 Å². The Morgan fingerprint density at radius 3 is 1.20 bits per heavy atom. The Kier molecular flexibility index (Phi) is 7.03. The zero-order chi connectivity index (χ0) is 27.0. The first kappa shape index (κ1) is 27.3. The Bertz CT molecular complexity index is 1170.